The number of likely N-dealkylation sites (N-methyl/N-ethyl adjacent to an activating group) is 1. The van der Waals surface area contributed by atoms with E-state index in [4.69, 9.17) is 11.6 Å². The van der Waals surface area contributed by atoms with E-state index in [0.29, 0.717) is 6.54 Å². The maximum absolute atomic E-state index is 11.8. The number of nitro benzene ring substituents is 1. The van der Waals surface area contributed by atoms with Crippen LogP contribution in [0.1, 0.15) is 17.3 Å². The van der Waals surface area contributed by atoms with E-state index in [1.165, 1.54) is 18.2 Å². The molecule has 1 rings (SSSR count). The molecule has 0 aliphatic heterocycles. The number of nitro groups is 1. The molecule has 8 heteroatoms. The average molecular weight is 308 g/mol. The van der Waals surface area contributed by atoms with E-state index in [0.717, 1.165) is 0 Å². The average Bonchev–Trinajstić information content (AvgIpc) is 2.34. The van der Waals surface area contributed by atoms with E-state index in [-0.39, 0.29) is 34.7 Å². The summed E-state index contributed by atoms with van der Waals surface area (Å²) in [5.74, 6) is -0.508. The van der Waals surface area contributed by atoms with Crippen LogP contribution < -0.4 is 10.6 Å². The molecular weight excluding hydrogens is 293 g/mol. The Balaban J connectivity index is 0.00000324. The number of hydrogen-bond acceptors (Lipinski definition) is 4. The number of nitrogens with one attached hydrogen (secondary N) is 2. The summed E-state index contributed by atoms with van der Waals surface area (Å²) in [4.78, 5) is 22.1. The number of carbonyl (C=O) groups is 1. The lowest BCUT2D eigenvalue weighted by molar-refractivity contribution is -0.385. The van der Waals surface area contributed by atoms with Gasteiger partial charge >= 0.3 is 5.69 Å². The first-order valence-electron chi connectivity index (χ1n) is 5.35. The molecule has 1 atom stereocenters. The van der Waals surface area contributed by atoms with Gasteiger partial charge in [-0.15, -0.1) is 12.4 Å². The van der Waals surface area contributed by atoms with Gasteiger partial charge in [0.25, 0.3) is 5.91 Å². The third-order valence-electron chi connectivity index (χ3n) is 2.48. The molecule has 0 heterocycles. The zero-order valence-corrected chi connectivity index (χ0v) is 12.0. The first-order chi connectivity index (χ1) is 8.47. The van der Waals surface area contributed by atoms with Crippen LogP contribution in [-0.2, 0) is 0 Å². The van der Waals surface area contributed by atoms with Crippen LogP contribution in [0.25, 0.3) is 0 Å². The van der Waals surface area contributed by atoms with Gasteiger partial charge in [-0.1, -0.05) is 17.7 Å². The maximum atomic E-state index is 11.8. The molecule has 0 aromatic heterocycles. The number of carbonyl (C=O) groups excluding carboxylic acids is 1. The Morgan fingerprint density at radius 1 is 1.53 bits per heavy atom. The van der Waals surface area contributed by atoms with E-state index in [9.17, 15) is 14.9 Å². The molecule has 0 aliphatic rings. The second kappa shape index (κ2) is 7.93. The van der Waals surface area contributed by atoms with Gasteiger partial charge in [0.2, 0.25) is 0 Å². The lowest BCUT2D eigenvalue weighted by atomic mass is 10.1. The summed E-state index contributed by atoms with van der Waals surface area (Å²) in [5, 5.41) is 16.4. The Bertz CT molecular complexity index is 468. The fourth-order valence-corrected chi connectivity index (χ4v) is 1.57. The minimum absolute atomic E-state index is 0. The van der Waals surface area contributed by atoms with Crippen molar-refractivity contribution in [2.24, 2.45) is 0 Å². The van der Waals surface area contributed by atoms with Gasteiger partial charge in [-0.25, -0.2) is 0 Å². The van der Waals surface area contributed by atoms with Gasteiger partial charge in [0, 0.05) is 12.6 Å². The predicted octanol–water partition coefficient (Wildman–Crippen LogP) is 2.01. The summed E-state index contributed by atoms with van der Waals surface area (Å²) in [7, 11) is 1.76. The van der Waals surface area contributed by atoms with Crippen LogP contribution in [0, 0.1) is 10.1 Å². The topological polar surface area (TPSA) is 84.3 Å². The molecule has 1 aromatic rings. The van der Waals surface area contributed by atoms with E-state index in [1.54, 1.807) is 7.05 Å². The lowest BCUT2D eigenvalue weighted by Crippen LogP contribution is -2.37. The SMILES string of the molecule is CNC(C)CNC(=O)c1cccc(Cl)c1[N+](=O)[O-].Cl. The Morgan fingerprint density at radius 3 is 2.68 bits per heavy atom. The Morgan fingerprint density at radius 2 is 2.16 bits per heavy atom. The van der Waals surface area contributed by atoms with E-state index in [1.807, 2.05) is 6.92 Å². The standard InChI is InChI=1S/C11H14ClN3O3.ClH/c1-7(13-2)6-14-11(16)8-4-3-5-9(12)10(8)15(17)18;/h3-5,7,13H,6H2,1-2H3,(H,14,16);1H. The number of para-hydroxylation sites is 1. The summed E-state index contributed by atoms with van der Waals surface area (Å²) in [6.45, 7) is 2.26. The molecule has 1 unspecified atom stereocenters. The molecule has 1 aromatic carbocycles. The molecule has 2 N–H and O–H groups in total. The monoisotopic (exact) mass is 307 g/mol. The molecule has 0 radical (unpaired) electrons. The van der Waals surface area contributed by atoms with Crippen molar-refractivity contribution in [2.45, 2.75) is 13.0 Å². The highest BCUT2D eigenvalue weighted by atomic mass is 35.5. The van der Waals surface area contributed by atoms with Gasteiger partial charge in [0.1, 0.15) is 10.6 Å². The van der Waals surface area contributed by atoms with E-state index >= 15 is 0 Å². The van der Waals surface area contributed by atoms with Crippen LogP contribution >= 0.6 is 24.0 Å². The van der Waals surface area contributed by atoms with Crippen molar-refractivity contribution in [2.75, 3.05) is 13.6 Å². The van der Waals surface area contributed by atoms with Gasteiger partial charge < -0.3 is 10.6 Å². The summed E-state index contributed by atoms with van der Waals surface area (Å²) < 4.78 is 0. The molecule has 6 nitrogen and oxygen atoms in total. The Labute approximate surface area is 122 Å². The molecule has 1 amide bonds. The van der Waals surface area contributed by atoms with Crippen molar-refractivity contribution in [3.05, 3.63) is 38.9 Å². The zero-order chi connectivity index (χ0) is 13.7. The summed E-state index contributed by atoms with van der Waals surface area (Å²) >= 11 is 5.72. The normalized spacial score (nSPS) is 11.3. The molecule has 0 spiro atoms. The molecule has 0 bridgehead atoms. The summed E-state index contributed by atoms with van der Waals surface area (Å²) in [6, 6.07) is 4.34. The van der Waals surface area contributed by atoms with Gasteiger partial charge in [-0.05, 0) is 26.1 Å². The number of hydrogen-bond donors (Lipinski definition) is 2. The van der Waals surface area contributed by atoms with Crippen molar-refractivity contribution >= 4 is 35.6 Å². The van der Waals surface area contributed by atoms with Crippen LogP contribution in [0.5, 0.6) is 0 Å². The smallest absolute Gasteiger partial charge is 0.300 e. The third-order valence-corrected chi connectivity index (χ3v) is 2.78. The lowest BCUT2D eigenvalue weighted by Gasteiger charge is -2.11. The van der Waals surface area contributed by atoms with Crippen molar-refractivity contribution in [3.63, 3.8) is 0 Å². The molecule has 0 fully saturated rings. The Hall–Kier alpha value is -1.37. The number of nitrogens with zero attached hydrogens (tertiary/aromatic N) is 1. The molecule has 106 valence electrons. The first kappa shape index (κ1) is 17.6. The first-order valence-corrected chi connectivity index (χ1v) is 5.73. The van der Waals surface area contributed by atoms with Gasteiger partial charge in [-0.3, -0.25) is 14.9 Å². The summed E-state index contributed by atoms with van der Waals surface area (Å²) in [5.41, 5.74) is -0.399. The molecule has 0 saturated carbocycles. The molecule has 0 saturated heterocycles. The minimum Gasteiger partial charge on any atom is -0.350 e. The molecule has 0 aliphatic carbocycles. The third kappa shape index (κ3) is 4.66. The molecular formula is C11H15Cl2N3O3. The van der Waals surface area contributed by atoms with Crippen LogP contribution in [-0.4, -0.2) is 30.5 Å². The van der Waals surface area contributed by atoms with E-state index < -0.39 is 10.8 Å². The number of halogens is 2. The van der Waals surface area contributed by atoms with Crippen LogP contribution in [0.15, 0.2) is 18.2 Å². The quantitative estimate of drug-likeness (QED) is 0.644. The minimum atomic E-state index is -0.654. The zero-order valence-electron chi connectivity index (χ0n) is 10.5. The second-order valence-corrected chi connectivity index (χ2v) is 4.20. The largest absolute Gasteiger partial charge is 0.350 e. The van der Waals surface area contributed by atoms with Crippen molar-refractivity contribution in [1.82, 2.24) is 10.6 Å². The highest BCUT2D eigenvalue weighted by Gasteiger charge is 2.23. The number of amides is 1. The van der Waals surface area contributed by atoms with Crippen molar-refractivity contribution in [3.8, 4) is 0 Å². The number of rotatable bonds is 5. The fourth-order valence-electron chi connectivity index (χ4n) is 1.33. The predicted molar refractivity (Wildman–Crippen MR) is 76.2 cm³/mol. The van der Waals surface area contributed by atoms with Crippen LogP contribution in [0.3, 0.4) is 0 Å². The van der Waals surface area contributed by atoms with Gasteiger partial charge in [-0.2, -0.15) is 0 Å². The second-order valence-electron chi connectivity index (χ2n) is 3.79. The van der Waals surface area contributed by atoms with Gasteiger partial charge in [0.15, 0.2) is 0 Å². The maximum Gasteiger partial charge on any atom is 0.300 e. The van der Waals surface area contributed by atoms with Crippen molar-refractivity contribution in [1.29, 1.82) is 0 Å². The highest BCUT2D eigenvalue weighted by Crippen LogP contribution is 2.27. The molecule has 19 heavy (non-hydrogen) atoms. The van der Waals surface area contributed by atoms with Crippen LogP contribution in [0.2, 0.25) is 5.02 Å². The van der Waals surface area contributed by atoms with Crippen LogP contribution in [0.4, 0.5) is 5.69 Å². The highest BCUT2D eigenvalue weighted by molar-refractivity contribution is 6.33. The Kier molecular flexibility index (Phi) is 7.36. The number of benzene rings is 1. The summed E-state index contributed by atoms with van der Waals surface area (Å²) in [6.07, 6.45) is 0. The van der Waals surface area contributed by atoms with Gasteiger partial charge in [0.05, 0.1) is 4.92 Å². The van der Waals surface area contributed by atoms with Crippen molar-refractivity contribution < 1.29 is 9.72 Å². The van der Waals surface area contributed by atoms with E-state index in [2.05, 4.69) is 10.6 Å². The fraction of sp³-hybridized carbons (Fsp3) is 0.364.